The molecule has 0 aliphatic carbocycles. The van der Waals surface area contributed by atoms with Crippen LogP contribution in [-0.4, -0.2) is 22.8 Å². The number of nitriles is 1. The number of anilines is 1. The molecule has 122 valence electrons. The summed E-state index contributed by atoms with van der Waals surface area (Å²) in [7, 11) is 0. The van der Waals surface area contributed by atoms with Crippen LogP contribution in [0.4, 0.5) is 5.69 Å². The number of hydrogen-bond donors (Lipinski definition) is 1. The van der Waals surface area contributed by atoms with Gasteiger partial charge in [0.2, 0.25) is 0 Å². The van der Waals surface area contributed by atoms with Crippen LogP contribution in [-0.2, 0) is 16.1 Å². The van der Waals surface area contributed by atoms with E-state index in [4.69, 9.17) is 5.26 Å². The summed E-state index contributed by atoms with van der Waals surface area (Å²) in [5, 5.41) is 11.3. The lowest BCUT2D eigenvalue weighted by Gasteiger charge is -2.26. The maximum Gasteiger partial charge on any atom is 0.313 e. The lowest BCUT2D eigenvalue weighted by atomic mass is 10.2. The highest BCUT2D eigenvalue weighted by molar-refractivity contribution is 6.39. The first-order chi connectivity index (χ1) is 11.5. The predicted octanol–water partition coefficient (Wildman–Crippen LogP) is 2.93. The van der Waals surface area contributed by atoms with Crippen molar-refractivity contribution in [2.24, 2.45) is 0 Å². The standard InChI is InChI=1S/C19H19N3O2/c1-14(2)22(13-16-6-4-3-5-7-16)19(24)18(23)21-17-10-8-15(12-20)9-11-17/h3-11,14H,13H2,1-2H3,(H,21,23). The molecule has 0 radical (unpaired) electrons. The van der Waals surface area contributed by atoms with Crippen molar-refractivity contribution in [1.82, 2.24) is 4.90 Å². The van der Waals surface area contributed by atoms with E-state index in [1.807, 2.05) is 50.2 Å². The van der Waals surface area contributed by atoms with Gasteiger partial charge in [0.25, 0.3) is 0 Å². The number of rotatable bonds is 4. The van der Waals surface area contributed by atoms with Crippen molar-refractivity contribution in [3.63, 3.8) is 0 Å². The van der Waals surface area contributed by atoms with Gasteiger partial charge in [-0.15, -0.1) is 0 Å². The fourth-order valence-electron chi connectivity index (χ4n) is 2.21. The van der Waals surface area contributed by atoms with Crippen LogP contribution in [0.25, 0.3) is 0 Å². The minimum atomic E-state index is -0.690. The highest BCUT2D eigenvalue weighted by Gasteiger charge is 2.24. The summed E-state index contributed by atoms with van der Waals surface area (Å²) in [5.41, 5.74) is 1.94. The molecule has 0 heterocycles. The van der Waals surface area contributed by atoms with Gasteiger partial charge in [0.1, 0.15) is 0 Å². The van der Waals surface area contributed by atoms with E-state index in [-0.39, 0.29) is 6.04 Å². The second-order valence-electron chi connectivity index (χ2n) is 5.66. The molecule has 2 rings (SSSR count). The molecule has 5 nitrogen and oxygen atoms in total. The lowest BCUT2D eigenvalue weighted by Crippen LogP contribution is -2.43. The topological polar surface area (TPSA) is 73.2 Å². The van der Waals surface area contributed by atoms with Crippen molar-refractivity contribution in [3.05, 3.63) is 65.7 Å². The van der Waals surface area contributed by atoms with Crippen LogP contribution in [0.2, 0.25) is 0 Å². The Morgan fingerprint density at radius 1 is 1.08 bits per heavy atom. The Morgan fingerprint density at radius 2 is 1.71 bits per heavy atom. The highest BCUT2D eigenvalue weighted by Crippen LogP contribution is 2.12. The average Bonchev–Trinajstić information content (AvgIpc) is 2.60. The molecule has 0 atom stereocenters. The Morgan fingerprint density at radius 3 is 2.25 bits per heavy atom. The first-order valence-electron chi connectivity index (χ1n) is 7.67. The van der Waals surface area contributed by atoms with E-state index in [9.17, 15) is 9.59 Å². The third kappa shape index (κ3) is 4.43. The van der Waals surface area contributed by atoms with Crippen LogP contribution < -0.4 is 5.32 Å². The summed E-state index contributed by atoms with van der Waals surface area (Å²) in [6, 6.07) is 17.8. The maximum atomic E-state index is 12.5. The van der Waals surface area contributed by atoms with Gasteiger partial charge in [-0.2, -0.15) is 5.26 Å². The van der Waals surface area contributed by atoms with E-state index in [0.717, 1.165) is 5.56 Å². The minimum absolute atomic E-state index is 0.107. The van der Waals surface area contributed by atoms with Gasteiger partial charge in [-0.3, -0.25) is 9.59 Å². The number of amides is 2. The van der Waals surface area contributed by atoms with E-state index in [1.165, 1.54) is 4.90 Å². The van der Waals surface area contributed by atoms with E-state index in [1.54, 1.807) is 24.3 Å². The quantitative estimate of drug-likeness (QED) is 0.880. The van der Waals surface area contributed by atoms with Gasteiger partial charge in [0.05, 0.1) is 11.6 Å². The first kappa shape index (κ1) is 17.2. The van der Waals surface area contributed by atoms with Gasteiger partial charge in [-0.1, -0.05) is 30.3 Å². The fraction of sp³-hybridized carbons (Fsp3) is 0.211. The van der Waals surface area contributed by atoms with Crippen molar-refractivity contribution < 1.29 is 9.59 Å². The number of hydrogen-bond acceptors (Lipinski definition) is 3. The van der Waals surface area contributed by atoms with Crippen LogP contribution in [0.15, 0.2) is 54.6 Å². The van der Waals surface area contributed by atoms with Crippen LogP contribution in [0, 0.1) is 11.3 Å². The Kier molecular flexibility index (Phi) is 5.69. The second kappa shape index (κ2) is 7.93. The molecule has 0 bridgehead atoms. The Hall–Kier alpha value is -3.13. The third-order valence-electron chi connectivity index (χ3n) is 3.55. The summed E-state index contributed by atoms with van der Waals surface area (Å²) in [5.74, 6) is -1.28. The Labute approximate surface area is 141 Å². The number of benzene rings is 2. The Balaban J connectivity index is 2.08. The Bertz CT molecular complexity index is 746. The van der Waals surface area contributed by atoms with E-state index in [0.29, 0.717) is 17.8 Å². The molecule has 0 aliphatic rings. The van der Waals surface area contributed by atoms with Crippen molar-refractivity contribution in [1.29, 1.82) is 5.26 Å². The fourth-order valence-corrected chi connectivity index (χ4v) is 2.21. The van der Waals surface area contributed by atoms with E-state index < -0.39 is 11.8 Å². The van der Waals surface area contributed by atoms with Gasteiger partial charge in [0.15, 0.2) is 0 Å². The van der Waals surface area contributed by atoms with Crippen molar-refractivity contribution in [2.75, 3.05) is 5.32 Å². The average molecular weight is 321 g/mol. The largest absolute Gasteiger partial charge is 0.328 e. The lowest BCUT2D eigenvalue weighted by molar-refractivity contribution is -0.144. The number of nitrogens with one attached hydrogen (secondary N) is 1. The number of carbonyl (C=O) groups excluding carboxylic acids is 2. The van der Waals surface area contributed by atoms with Gasteiger partial charge < -0.3 is 10.2 Å². The summed E-state index contributed by atoms with van der Waals surface area (Å²) in [4.78, 5) is 26.2. The molecular weight excluding hydrogens is 302 g/mol. The molecule has 5 heteroatoms. The van der Waals surface area contributed by atoms with E-state index >= 15 is 0 Å². The molecule has 0 aliphatic heterocycles. The van der Waals surface area contributed by atoms with Crippen LogP contribution in [0.3, 0.4) is 0 Å². The summed E-state index contributed by atoms with van der Waals surface area (Å²) < 4.78 is 0. The molecule has 0 spiro atoms. The van der Waals surface area contributed by atoms with Gasteiger partial charge in [-0.05, 0) is 43.7 Å². The number of carbonyl (C=O) groups is 2. The molecule has 24 heavy (non-hydrogen) atoms. The molecule has 0 aromatic heterocycles. The van der Waals surface area contributed by atoms with Gasteiger partial charge in [-0.25, -0.2) is 0 Å². The maximum absolute atomic E-state index is 12.5. The van der Waals surface area contributed by atoms with Crippen molar-refractivity contribution >= 4 is 17.5 Å². The zero-order chi connectivity index (χ0) is 17.5. The van der Waals surface area contributed by atoms with Crippen LogP contribution in [0.1, 0.15) is 25.0 Å². The van der Waals surface area contributed by atoms with E-state index in [2.05, 4.69) is 5.32 Å². The zero-order valence-corrected chi connectivity index (χ0v) is 13.7. The van der Waals surface area contributed by atoms with Gasteiger partial charge >= 0.3 is 11.8 Å². The number of nitrogens with zero attached hydrogens (tertiary/aromatic N) is 2. The highest BCUT2D eigenvalue weighted by atomic mass is 16.2. The monoisotopic (exact) mass is 321 g/mol. The molecule has 0 saturated heterocycles. The minimum Gasteiger partial charge on any atom is -0.328 e. The smallest absolute Gasteiger partial charge is 0.313 e. The summed E-state index contributed by atoms with van der Waals surface area (Å²) >= 11 is 0. The molecule has 2 aromatic rings. The second-order valence-corrected chi connectivity index (χ2v) is 5.66. The molecule has 2 aromatic carbocycles. The van der Waals surface area contributed by atoms with Crippen LogP contribution in [0.5, 0.6) is 0 Å². The molecule has 0 saturated carbocycles. The normalized spacial score (nSPS) is 10.1. The third-order valence-corrected chi connectivity index (χ3v) is 3.55. The predicted molar refractivity (Wildman–Crippen MR) is 91.9 cm³/mol. The first-order valence-corrected chi connectivity index (χ1v) is 7.67. The molecular formula is C19H19N3O2. The van der Waals surface area contributed by atoms with Crippen LogP contribution >= 0.6 is 0 Å². The van der Waals surface area contributed by atoms with Gasteiger partial charge in [0, 0.05) is 18.3 Å². The molecule has 1 N–H and O–H groups in total. The molecule has 2 amide bonds. The SMILES string of the molecule is CC(C)N(Cc1ccccc1)C(=O)C(=O)Nc1ccc(C#N)cc1. The summed E-state index contributed by atoms with van der Waals surface area (Å²) in [6.07, 6.45) is 0. The van der Waals surface area contributed by atoms with Crippen molar-refractivity contribution in [3.8, 4) is 6.07 Å². The van der Waals surface area contributed by atoms with Crippen molar-refractivity contribution in [2.45, 2.75) is 26.4 Å². The molecule has 0 unspecified atom stereocenters. The zero-order valence-electron chi connectivity index (χ0n) is 13.7. The summed E-state index contributed by atoms with van der Waals surface area (Å²) in [6.45, 7) is 4.11. The molecule has 0 fully saturated rings.